The van der Waals surface area contributed by atoms with E-state index in [-0.39, 0.29) is 41.0 Å². The molecule has 0 bridgehead atoms. The van der Waals surface area contributed by atoms with E-state index in [1.165, 1.54) is 0 Å². The lowest BCUT2D eigenvalue weighted by Crippen LogP contribution is -2.39. The van der Waals surface area contributed by atoms with Crippen LogP contribution in [0, 0.1) is 0 Å². The summed E-state index contributed by atoms with van der Waals surface area (Å²) in [5.41, 5.74) is -0.341. The van der Waals surface area contributed by atoms with Crippen molar-refractivity contribution < 1.29 is 22.5 Å². The minimum Gasteiger partial charge on any atom is -0.342 e. The van der Waals surface area contributed by atoms with Crippen LogP contribution in [-0.2, 0) is 17.5 Å². The van der Waals surface area contributed by atoms with Crippen LogP contribution in [0.2, 0.25) is 0 Å². The Morgan fingerprint density at radius 3 is 2.84 bits per heavy atom. The summed E-state index contributed by atoms with van der Waals surface area (Å²) in [7, 11) is 0. The highest BCUT2D eigenvalue weighted by Gasteiger charge is 2.38. The van der Waals surface area contributed by atoms with Crippen LogP contribution in [0.5, 0.6) is 0 Å². The van der Waals surface area contributed by atoms with E-state index < -0.39 is 11.7 Å². The Morgan fingerprint density at radius 1 is 1.35 bits per heavy atom. The Balaban J connectivity index is 1.60. The van der Waals surface area contributed by atoms with Gasteiger partial charge in [-0.05, 0) is 30.9 Å². The van der Waals surface area contributed by atoms with Crippen LogP contribution in [0.3, 0.4) is 0 Å². The average Bonchev–Trinajstić information content (AvgIpc) is 3.40. The van der Waals surface area contributed by atoms with Gasteiger partial charge in [-0.15, -0.1) is 0 Å². The molecular formula is C21H24F3N5O2. The van der Waals surface area contributed by atoms with E-state index in [0.717, 1.165) is 6.07 Å². The molecule has 1 aliphatic rings. The second-order valence-electron chi connectivity index (χ2n) is 8.19. The number of pyridine rings is 1. The number of nitrogens with zero attached hydrogens (tertiary/aromatic N) is 5. The number of rotatable bonds is 5. The molecule has 166 valence electrons. The van der Waals surface area contributed by atoms with Gasteiger partial charge in [0.2, 0.25) is 5.91 Å². The third kappa shape index (κ3) is 4.42. The maximum atomic E-state index is 13.9. The summed E-state index contributed by atoms with van der Waals surface area (Å²) in [5.74, 6) is -0.572. The number of fused-ring (bicyclic) bond motifs is 1. The summed E-state index contributed by atoms with van der Waals surface area (Å²) < 4.78 is 48.5. The molecule has 0 aliphatic carbocycles. The van der Waals surface area contributed by atoms with Crippen LogP contribution in [0.1, 0.15) is 61.9 Å². The number of likely N-dealkylation sites (tertiary alicyclic amines) is 1. The van der Waals surface area contributed by atoms with E-state index in [9.17, 15) is 18.0 Å². The van der Waals surface area contributed by atoms with Crippen molar-refractivity contribution in [1.29, 1.82) is 0 Å². The molecular weight excluding hydrogens is 411 g/mol. The van der Waals surface area contributed by atoms with Gasteiger partial charge in [0.05, 0.1) is 16.6 Å². The summed E-state index contributed by atoms with van der Waals surface area (Å²) in [6.07, 6.45) is 0.471. The minimum absolute atomic E-state index is 0.0516. The fourth-order valence-electron chi connectivity index (χ4n) is 4.02. The standard InChI is InChI=1S/C21H24F3N5O2/c1-13(2)16-11-15(21(22,23)24)18-19(27-31-20(18)26-16)14-5-3-8-28(12-14)17(30)6-10-29-9-4-7-25-29/h4,7,9,11,13-14H,3,5-6,8,10,12H2,1-2H3/t14-/m0/s1. The fourth-order valence-corrected chi connectivity index (χ4v) is 4.02. The predicted octanol–water partition coefficient (Wildman–Crippen LogP) is 4.36. The van der Waals surface area contributed by atoms with Crippen molar-refractivity contribution >= 4 is 17.0 Å². The topological polar surface area (TPSA) is 77.0 Å². The maximum Gasteiger partial charge on any atom is 0.417 e. The molecule has 1 fully saturated rings. The van der Waals surface area contributed by atoms with Gasteiger partial charge in [0.15, 0.2) is 0 Å². The molecule has 0 saturated carbocycles. The molecule has 1 atom stereocenters. The lowest BCUT2D eigenvalue weighted by molar-refractivity contribution is -0.136. The summed E-state index contributed by atoms with van der Waals surface area (Å²) in [5, 5.41) is 7.98. The number of carbonyl (C=O) groups is 1. The van der Waals surface area contributed by atoms with Crippen LogP contribution in [-0.4, -0.2) is 43.8 Å². The minimum atomic E-state index is -4.56. The van der Waals surface area contributed by atoms with Crippen LogP contribution in [0.25, 0.3) is 11.1 Å². The lowest BCUT2D eigenvalue weighted by atomic mass is 9.91. The molecule has 0 N–H and O–H groups in total. The zero-order valence-corrected chi connectivity index (χ0v) is 17.4. The van der Waals surface area contributed by atoms with E-state index in [1.54, 1.807) is 41.9 Å². The molecule has 1 saturated heterocycles. The van der Waals surface area contributed by atoms with Gasteiger partial charge in [0.1, 0.15) is 0 Å². The number of halogens is 3. The molecule has 4 heterocycles. The number of amides is 1. The highest BCUT2D eigenvalue weighted by Crippen LogP contribution is 2.40. The Hall–Kier alpha value is -2.91. The molecule has 0 unspecified atom stereocenters. The quantitative estimate of drug-likeness (QED) is 0.595. The third-order valence-electron chi connectivity index (χ3n) is 5.66. The molecule has 0 radical (unpaired) electrons. The van der Waals surface area contributed by atoms with Gasteiger partial charge >= 0.3 is 6.18 Å². The number of aryl methyl sites for hydroxylation is 1. The second kappa shape index (κ2) is 8.32. The van der Waals surface area contributed by atoms with Crippen molar-refractivity contribution in [2.75, 3.05) is 13.1 Å². The lowest BCUT2D eigenvalue weighted by Gasteiger charge is -2.32. The van der Waals surface area contributed by atoms with Crippen molar-refractivity contribution in [1.82, 2.24) is 24.8 Å². The first kappa shape index (κ1) is 21.3. The molecule has 0 spiro atoms. The van der Waals surface area contributed by atoms with Gasteiger partial charge in [0, 0.05) is 50.1 Å². The third-order valence-corrected chi connectivity index (χ3v) is 5.66. The maximum absolute atomic E-state index is 13.9. The zero-order valence-electron chi connectivity index (χ0n) is 17.4. The number of alkyl halides is 3. The number of aromatic nitrogens is 4. The first-order valence-corrected chi connectivity index (χ1v) is 10.4. The van der Waals surface area contributed by atoms with E-state index in [0.29, 0.717) is 38.2 Å². The molecule has 1 aliphatic heterocycles. The number of hydrogen-bond acceptors (Lipinski definition) is 5. The normalized spacial score (nSPS) is 17.6. The van der Waals surface area contributed by atoms with Crippen LogP contribution in [0.15, 0.2) is 29.0 Å². The molecule has 3 aromatic heterocycles. The van der Waals surface area contributed by atoms with Gasteiger partial charge in [-0.3, -0.25) is 9.48 Å². The van der Waals surface area contributed by atoms with Crippen molar-refractivity contribution in [2.45, 2.75) is 57.7 Å². The number of piperidine rings is 1. The van der Waals surface area contributed by atoms with E-state index in [4.69, 9.17) is 4.52 Å². The highest BCUT2D eigenvalue weighted by molar-refractivity contribution is 5.82. The Kier molecular flexibility index (Phi) is 5.72. The molecule has 3 aromatic rings. The van der Waals surface area contributed by atoms with Gasteiger partial charge < -0.3 is 9.42 Å². The summed E-state index contributed by atoms with van der Waals surface area (Å²) >= 11 is 0. The summed E-state index contributed by atoms with van der Waals surface area (Å²) in [4.78, 5) is 18.6. The van der Waals surface area contributed by atoms with Crippen LogP contribution in [0.4, 0.5) is 13.2 Å². The van der Waals surface area contributed by atoms with Crippen molar-refractivity contribution in [3.63, 3.8) is 0 Å². The molecule has 4 rings (SSSR count). The zero-order chi connectivity index (χ0) is 22.2. The first-order chi connectivity index (χ1) is 14.7. The molecule has 31 heavy (non-hydrogen) atoms. The molecule has 0 aromatic carbocycles. The Morgan fingerprint density at radius 2 is 2.16 bits per heavy atom. The molecule has 10 heteroatoms. The highest BCUT2D eigenvalue weighted by atomic mass is 19.4. The predicted molar refractivity (Wildman–Crippen MR) is 106 cm³/mol. The summed E-state index contributed by atoms with van der Waals surface area (Å²) in [6, 6.07) is 2.87. The largest absolute Gasteiger partial charge is 0.417 e. The van der Waals surface area contributed by atoms with Gasteiger partial charge in [-0.2, -0.15) is 18.3 Å². The van der Waals surface area contributed by atoms with E-state index >= 15 is 0 Å². The van der Waals surface area contributed by atoms with Gasteiger partial charge in [-0.1, -0.05) is 19.0 Å². The summed E-state index contributed by atoms with van der Waals surface area (Å²) in [6.45, 7) is 4.90. The second-order valence-corrected chi connectivity index (χ2v) is 8.19. The fraction of sp³-hybridized carbons (Fsp3) is 0.524. The average molecular weight is 435 g/mol. The monoisotopic (exact) mass is 435 g/mol. The van der Waals surface area contributed by atoms with Crippen molar-refractivity contribution in [3.8, 4) is 0 Å². The molecule has 1 amide bonds. The van der Waals surface area contributed by atoms with Gasteiger partial charge in [-0.25, -0.2) is 4.98 Å². The van der Waals surface area contributed by atoms with Crippen molar-refractivity contribution in [3.05, 3.63) is 41.5 Å². The number of hydrogen-bond donors (Lipinski definition) is 0. The van der Waals surface area contributed by atoms with E-state index in [2.05, 4.69) is 15.2 Å². The smallest absolute Gasteiger partial charge is 0.342 e. The van der Waals surface area contributed by atoms with Crippen LogP contribution < -0.4 is 0 Å². The SMILES string of the molecule is CC(C)c1cc(C(F)(F)F)c2c([C@H]3CCCN(C(=O)CCn4cccn4)C3)noc2n1. The Bertz CT molecular complexity index is 1060. The Labute approximate surface area is 177 Å². The first-order valence-electron chi connectivity index (χ1n) is 10.4. The number of carbonyl (C=O) groups excluding carboxylic acids is 1. The van der Waals surface area contributed by atoms with Crippen molar-refractivity contribution in [2.24, 2.45) is 0 Å². The van der Waals surface area contributed by atoms with E-state index in [1.807, 2.05) is 0 Å². The van der Waals surface area contributed by atoms with Gasteiger partial charge in [0.25, 0.3) is 5.71 Å². The molecule has 7 nitrogen and oxygen atoms in total. The van der Waals surface area contributed by atoms with Crippen LogP contribution >= 0.6 is 0 Å².